The van der Waals surface area contributed by atoms with Crippen molar-refractivity contribution in [3.63, 3.8) is 0 Å². The van der Waals surface area contributed by atoms with Gasteiger partial charge in [0.1, 0.15) is 13.2 Å². The summed E-state index contributed by atoms with van der Waals surface area (Å²) in [6.07, 6.45) is 0. The van der Waals surface area contributed by atoms with Crippen LogP contribution in [0.4, 0.5) is 5.69 Å². The first-order valence-corrected chi connectivity index (χ1v) is 7.35. The Bertz CT molecular complexity index is 542. The van der Waals surface area contributed by atoms with Crippen molar-refractivity contribution in [3.05, 3.63) is 39.0 Å². The van der Waals surface area contributed by atoms with E-state index in [1.165, 1.54) is 4.88 Å². The third-order valence-electron chi connectivity index (χ3n) is 2.67. The lowest BCUT2D eigenvalue weighted by molar-refractivity contribution is 0.171. The Morgan fingerprint density at radius 2 is 2.00 bits per heavy atom. The Labute approximate surface area is 118 Å². The Hall–Kier alpha value is -1.20. The van der Waals surface area contributed by atoms with Gasteiger partial charge in [0.2, 0.25) is 0 Å². The fourth-order valence-corrected chi connectivity index (χ4v) is 2.90. The predicted molar refractivity (Wildman–Crippen MR) is 76.8 cm³/mol. The van der Waals surface area contributed by atoms with Crippen molar-refractivity contribution < 1.29 is 9.47 Å². The van der Waals surface area contributed by atoms with Crippen molar-refractivity contribution in [2.75, 3.05) is 18.5 Å². The summed E-state index contributed by atoms with van der Waals surface area (Å²) >= 11 is 5.29. The van der Waals surface area contributed by atoms with Crippen molar-refractivity contribution in [3.8, 4) is 11.5 Å². The van der Waals surface area contributed by atoms with Gasteiger partial charge in [-0.05, 0) is 27.4 Å². The lowest BCUT2D eigenvalue weighted by atomic mass is 10.2. The molecule has 0 radical (unpaired) electrons. The van der Waals surface area contributed by atoms with Crippen molar-refractivity contribution >= 4 is 33.0 Å². The van der Waals surface area contributed by atoms with Crippen LogP contribution in [0.2, 0.25) is 0 Å². The van der Waals surface area contributed by atoms with Gasteiger partial charge >= 0.3 is 0 Å². The second-order valence-electron chi connectivity index (χ2n) is 3.91. The average Bonchev–Trinajstić information content (AvgIpc) is 2.89. The average molecular weight is 326 g/mol. The number of thiophene rings is 1. The van der Waals surface area contributed by atoms with E-state index in [0.717, 1.165) is 28.2 Å². The molecule has 0 amide bonds. The zero-order valence-electron chi connectivity index (χ0n) is 9.61. The highest BCUT2D eigenvalue weighted by Crippen LogP contribution is 2.38. The number of fused-ring (bicyclic) bond motifs is 1. The van der Waals surface area contributed by atoms with Crippen LogP contribution in [-0.2, 0) is 6.54 Å². The van der Waals surface area contributed by atoms with Crippen molar-refractivity contribution in [2.45, 2.75) is 6.54 Å². The fourth-order valence-electron chi connectivity index (χ4n) is 1.79. The third-order valence-corrected chi connectivity index (χ3v) is 4.20. The molecule has 18 heavy (non-hydrogen) atoms. The second-order valence-corrected chi connectivity index (χ2v) is 5.80. The minimum absolute atomic E-state index is 0.610. The fraction of sp³-hybridized carbons (Fsp3) is 0.231. The smallest absolute Gasteiger partial charge is 0.163 e. The summed E-state index contributed by atoms with van der Waals surface area (Å²) in [6.45, 7) is 2.04. The van der Waals surface area contributed by atoms with E-state index in [1.54, 1.807) is 11.3 Å². The van der Waals surface area contributed by atoms with Gasteiger partial charge in [-0.2, -0.15) is 0 Å². The highest BCUT2D eigenvalue weighted by atomic mass is 79.9. The summed E-state index contributed by atoms with van der Waals surface area (Å²) in [5.41, 5.74) is 1.02. The zero-order valence-corrected chi connectivity index (χ0v) is 12.0. The Balaban J connectivity index is 1.79. The van der Waals surface area contributed by atoms with Gasteiger partial charge in [0.15, 0.2) is 11.5 Å². The van der Waals surface area contributed by atoms with E-state index in [4.69, 9.17) is 9.47 Å². The normalized spacial score (nSPS) is 13.4. The highest BCUT2D eigenvalue weighted by Gasteiger charge is 2.14. The molecule has 94 valence electrons. The second kappa shape index (κ2) is 5.20. The number of benzene rings is 1. The van der Waals surface area contributed by atoms with Crippen LogP contribution in [0.5, 0.6) is 11.5 Å². The zero-order chi connectivity index (χ0) is 12.4. The van der Waals surface area contributed by atoms with Gasteiger partial charge in [0.05, 0.1) is 5.69 Å². The van der Waals surface area contributed by atoms with Gasteiger partial charge in [-0.3, -0.25) is 0 Å². The molecule has 0 bridgehead atoms. The monoisotopic (exact) mass is 325 g/mol. The maximum Gasteiger partial charge on any atom is 0.163 e. The summed E-state index contributed by atoms with van der Waals surface area (Å²) in [4.78, 5) is 1.30. The predicted octanol–water partition coefficient (Wildman–Crippen LogP) is 3.89. The van der Waals surface area contributed by atoms with Crippen molar-refractivity contribution in [1.29, 1.82) is 0 Å². The molecule has 1 aliphatic heterocycles. The first-order chi connectivity index (χ1) is 8.83. The molecule has 0 saturated carbocycles. The topological polar surface area (TPSA) is 30.5 Å². The molecule has 1 aromatic carbocycles. The molecule has 0 aliphatic carbocycles. The number of nitrogens with one attached hydrogen (secondary N) is 1. The van der Waals surface area contributed by atoms with Gasteiger partial charge in [-0.1, -0.05) is 6.07 Å². The lowest BCUT2D eigenvalue weighted by Gasteiger charge is -2.20. The number of hydrogen-bond acceptors (Lipinski definition) is 4. The van der Waals surface area contributed by atoms with Crippen LogP contribution in [0, 0.1) is 0 Å². The summed E-state index contributed by atoms with van der Waals surface area (Å²) in [5, 5.41) is 5.47. The van der Waals surface area contributed by atoms with Gasteiger partial charge in [0.25, 0.3) is 0 Å². The molecule has 3 nitrogen and oxygen atoms in total. The lowest BCUT2D eigenvalue weighted by Crippen LogP contribution is -2.15. The molecule has 1 aromatic heterocycles. The SMILES string of the molecule is Brc1cc2c(cc1NCc1cccs1)OCCO2. The van der Waals surface area contributed by atoms with E-state index in [-0.39, 0.29) is 0 Å². The maximum absolute atomic E-state index is 5.57. The molecule has 0 atom stereocenters. The summed E-state index contributed by atoms with van der Waals surface area (Å²) in [5.74, 6) is 1.60. The first kappa shape index (κ1) is 11.9. The molecule has 0 unspecified atom stereocenters. The summed E-state index contributed by atoms with van der Waals surface area (Å²) < 4.78 is 12.1. The molecule has 1 aliphatic rings. The number of halogens is 1. The van der Waals surface area contributed by atoms with Crippen LogP contribution in [0.1, 0.15) is 4.88 Å². The van der Waals surface area contributed by atoms with E-state index in [2.05, 4.69) is 38.8 Å². The van der Waals surface area contributed by atoms with E-state index in [9.17, 15) is 0 Å². The number of anilines is 1. The van der Waals surface area contributed by atoms with Crippen molar-refractivity contribution in [2.24, 2.45) is 0 Å². The summed E-state index contributed by atoms with van der Waals surface area (Å²) in [7, 11) is 0. The number of rotatable bonds is 3. The van der Waals surface area contributed by atoms with Crippen LogP contribution in [0.15, 0.2) is 34.1 Å². The van der Waals surface area contributed by atoms with Crippen LogP contribution in [-0.4, -0.2) is 13.2 Å². The van der Waals surface area contributed by atoms with Crippen LogP contribution in [0.25, 0.3) is 0 Å². The van der Waals surface area contributed by atoms with Crippen molar-refractivity contribution in [1.82, 2.24) is 0 Å². The van der Waals surface area contributed by atoms with E-state index in [1.807, 2.05) is 12.1 Å². The van der Waals surface area contributed by atoms with E-state index < -0.39 is 0 Å². The van der Waals surface area contributed by atoms with Crippen LogP contribution < -0.4 is 14.8 Å². The Morgan fingerprint density at radius 1 is 1.22 bits per heavy atom. The molecule has 2 heterocycles. The molecular weight excluding hydrogens is 314 g/mol. The van der Waals surface area contributed by atoms with Gasteiger partial charge in [-0.15, -0.1) is 11.3 Å². The standard InChI is InChI=1S/C13H12BrNO2S/c14-10-6-12-13(17-4-3-16-12)7-11(10)15-8-9-2-1-5-18-9/h1-2,5-7,15H,3-4,8H2. The number of hydrogen-bond donors (Lipinski definition) is 1. The van der Waals surface area contributed by atoms with E-state index >= 15 is 0 Å². The Kier molecular flexibility index (Phi) is 3.43. The quantitative estimate of drug-likeness (QED) is 0.928. The highest BCUT2D eigenvalue weighted by molar-refractivity contribution is 9.10. The molecule has 0 spiro atoms. The van der Waals surface area contributed by atoms with Crippen LogP contribution >= 0.6 is 27.3 Å². The molecule has 1 N–H and O–H groups in total. The van der Waals surface area contributed by atoms with Gasteiger partial charge in [0, 0.05) is 28.0 Å². The maximum atomic E-state index is 5.57. The minimum atomic E-state index is 0.610. The van der Waals surface area contributed by atoms with E-state index in [0.29, 0.717) is 13.2 Å². The Morgan fingerprint density at radius 3 is 2.72 bits per heavy atom. The molecule has 5 heteroatoms. The summed E-state index contributed by atoms with van der Waals surface area (Å²) in [6, 6.07) is 8.10. The number of ether oxygens (including phenoxy) is 2. The molecule has 3 rings (SSSR count). The van der Waals surface area contributed by atoms with Crippen LogP contribution in [0.3, 0.4) is 0 Å². The largest absolute Gasteiger partial charge is 0.486 e. The third kappa shape index (κ3) is 2.47. The van der Waals surface area contributed by atoms with Gasteiger partial charge in [-0.25, -0.2) is 0 Å². The minimum Gasteiger partial charge on any atom is -0.486 e. The molecular formula is C13H12BrNO2S. The molecule has 0 fully saturated rings. The molecule has 0 saturated heterocycles. The van der Waals surface area contributed by atoms with Gasteiger partial charge < -0.3 is 14.8 Å². The first-order valence-electron chi connectivity index (χ1n) is 5.68. The molecule has 2 aromatic rings.